The second-order valence-corrected chi connectivity index (χ2v) is 12.7. The number of nitriles is 1. The lowest BCUT2D eigenvalue weighted by molar-refractivity contribution is -0.141. The molecule has 2 saturated carbocycles. The molecule has 3 fully saturated rings. The highest BCUT2D eigenvalue weighted by Crippen LogP contribution is 2.45. The van der Waals surface area contributed by atoms with Crippen LogP contribution in [-0.2, 0) is 36.9 Å². The predicted molar refractivity (Wildman–Crippen MR) is 159 cm³/mol. The number of benzene rings is 1. The van der Waals surface area contributed by atoms with Crippen LogP contribution in [0.15, 0.2) is 30.9 Å². The Kier molecular flexibility index (Phi) is 9.50. The van der Waals surface area contributed by atoms with Crippen LogP contribution in [0.5, 0.6) is 0 Å². The summed E-state index contributed by atoms with van der Waals surface area (Å²) in [7, 11) is 0. The van der Waals surface area contributed by atoms with Crippen molar-refractivity contribution in [3.8, 4) is 6.19 Å². The SMILES string of the molecule is C=CC1C[C@]1(NC(=O)[C@@H]1C[C@@H](OC(=O)N2Cc3cccc(F)c3C2)CN1C(=O)[C@H](NC(=O)OC1CCCC1)C(C)C)C(=O)NC#N. The molecule has 1 saturated heterocycles. The van der Waals surface area contributed by atoms with Crippen LogP contribution in [0.4, 0.5) is 14.0 Å². The number of carbonyl (C=O) groups is 5. The number of nitrogens with one attached hydrogen (secondary N) is 3. The molecule has 246 valence electrons. The molecule has 4 aliphatic rings. The van der Waals surface area contributed by atoms with Gasteiger partial charge in [0.25, 0.3) is 5.91 Å². The number of rotatable bonds is 9. The smallest absolute Gasteiger partial charge is 0.410 e. The molecule has 0 aromatic heterocycles. The number of nitrogens with zero attached hydrogens (tertiary/aromatic N) is 3. The zero-order chi connectivity index (χ0) is 33.2. The molecule has 46 heavy (non-hydrogen) atoms. The standard InChI is InChI=1S/C32H39FN6O7/c1-4-20-13-32(20,29(42)35-17-34)37-27(40)25-12-22(46-31(44)38-14-19-8-7-11-24(33)23(19)16-38)15-39(25)28(41)26(18(2)3)36-30(43)45-21-9-5-6-10-21/h4,7-8,11,18,20-22,25-26H,1,5-6,9-10,12-16H2,2-3H3,(H,35,42)(H,36,43)(H,37,40)/t20?,22-,25+,26-,32-/m1/s1. The van der Waals surface area contributed by atoms with Crippen LogP contribution in [-0.4, -0.2) is 76.1 Å². The van der Waals surface area contributed by atoms with Crippen molar-refractivity contribution in [1.29, 1.82) is 5.26 Å². The molecule has 5 rings (SSSR count). The van der Waals surface area contributed by atoms with Crippen molar-refractivity contribution in [2.24, 2.45) is 11.8 Å². The van der Waals surface area contributed by atoms with Crippen molar-refractivity contribution in [3.63, 3.8) is 0 Å². The minimum atomic E-state index is -1.41. The average molecular weight is 639 g/mol. The van der Waals surface area contributed by atoms with Crippen LogP contribution in [0.2, 0.25) is 0 Å². The van der Waals surface area contributed by atoms with Gasteiger partial charge >= 0.3 is 12.2 Å². The first kappa shape index (κ1) is 32.7. The number of amides is 5. The second-order valence-electron chi connectivity index (χ2n) is 12.7. The fourth-order valence-electron chi connectivity index (χ4n) is 6.61. The van der Waals surface area contributed by atoms with Gasteiger partial charge in [0.05, 0.1) is 13.1 Å². The molecule has 0 radical (unpaired) electrons. The molecule has 2 aliphatic carbocycles. The molecule has 1 aromatic carbocycles. The van der Waals surface area contributed by atoms with Gasteiger partial charge in [0.2, 0.25) is 11.8 Å². The van der Waals surface area contributed by atoms with Gasteiger partial charge in [-0.05, 0) is 49.7 Å². The summed E-state index contributed by atoms with van der Waals surface area (Å²) in [6.07, 6.45) is 3.99. The number of alkyl carbamates (subject to hydrolysis) is 1. The lowest BCUT2D eigenvalue weighted by Gasteiger charge is -2.31. The summed E-state index contributed by atoms with van der Waals surface area (Å²) in [5.41, 5.74) is -0.350. The lowest BCUT2D eigenvalue weighted by Crippen LogP contribution is -2.58. The fourth-order valence-corrected chi connectivity index (χ4v) is 6.61. The summed E-state index contributed by atoms with van der Waals surface area (Å²) >= 11 is 0. The van der Waals surface area contributed by atoms with Crippen molar-refractivity contribution in [3.05, 3.63) is 47.8 Å². The van der Waals surface area contributed by atoms with Crippen LogP contribution < -0.4 is 16.0 Å². The van der Waals surface area contributed by atoms with E-state index in [1.54, 1.807) is 32.2 Å². The van der Waals surface area contributed by atoms with E-state index in [4.69, 9.17) is 14.7 Å². The van der Waals surface area contributed by atoms with E-state index in [1.807, 2.05) is 0 Å². The summed E-state index contributed by atoms with van der Waals surface area (Å²) in [5, 5.41) is 16.4. The average Bonchev–Trinajstić information content (AvgIpc) is 3.43. The Bertz CT molecular complexity index is 1460. The summed E-state index contributed by atoms with van der Waals surface area (Å²) in [6, 6.07) is 2.37. The number of likely N-dealkylation sites (tertiary alicyclic amines) is 1. The number of hydrogen-bond acceptors (Lipinski definition) is 8. The largest absolute Gasteiger partial charge is 0.446 e. The molecule has 0 bridgehead atoms. The van der Waals surface area contributed by atoms with E-state index in [1.165, 1.54) is 21.9 Å². The minimum Gasteiger partial charge on any atom is -0.446 e. The lowest BCUT2D eigenvalue weighted by atomic mass is 10.0. The van der Waals surface area contributed by atoms with Gasteiger partial charge in [-0.25, -0.2) is 14.0 Å². The molecule has 13 nitrogen and oxygen atoms in total. The summed E-state index contributed by atoms with van der Waals surface area (Å²) < 4.78 is 25.6. The molecule has 5 atom stereocenters. The van der Waals surface area contributed by atoms with Crippen molar-refractivity contribution in [2.75, 3.05) is 6.54 Å². The normalized spacial score (nSPS) is 25.7. The molecule has 3 N–H and O–H groups in total. The Hall–Kier alpha value is -4.67. The highest BCUT2D eigenvalue weighted by molar-refractivity contribution is 5.99. The molecular weight excluding hydrogens is 599 g/mol. The van der Waals surface area contributed by atoms with Crippen molar-refractivity contribution in [2.45, 2.75) is 95.3 Å². The van der Waals surface area contributed by atoms with E-state index in [9.17, 15) is 28.4 Å². The highest BCUT2D eigenvalue weighted by atomic mass is 19.1. The number of carbonyl (C=O) groups excluding carboxylic acids is 5. The summed E-state index contributed by atoms with van der Waals surface area (Å²) in [4.78, 5) is 69.1. The van der Waals surface area contributed by atoms with Crippen LogP contribution in [0, 0.1) is 29.1 Å². The zero-order valence-electron chi connectivity index (χ0n) is 25.9. The third-order valence-corrected chi connectivity index (χ3v) is 9.30. The van der Waals surface area contributed by atoms with Crippen molar-refractivity contribution < 1.29 is 37.8 Å². The van der Waals surface area contributed by atoms with E-state index >= 15 is 0 Å². The molecule has 5 amide bonds. The topological polar surface area (TPSA) is 170 Å². The Balaban J connectivity index is 1.33. The molecular formula is C32H39FN6O7. The van der Waals surface area contributed by atoms with Gasteiger partial charge in [-0.3, -0.25) is 24.6 Å². The predicted octanol–water partition coefficient (Wildman–Crippen LogP) is 2.60. The summed E-state index contributed by atoms with van der Waals surface area (Å²) in [6.45, 7) is 7.18. The number of halogens is 1. The second kappa shape index (κ2) is 13.4. The summed E-state index contributed by atoms with van der Waals surface area (Å²) in [5.74, 6) is -3.22. The van der Waals surface area contributed by atoms with E-state index in [0.29, 0.717) is 11.1 Å². The maximum absolute atomic E-state index is 14.3. The van der Waals surface area contributed by atoms with Gasteiger partial charge in [-0.1, -0.05) is 32.1 Å². The van der Waals surface area contributed by atoms with E-state index in [2.05, 4.69) is 22.5 Å². The van der Waals surface area contributed by atoms with Gasteiger partial charge < -0.3 is 25.0 Å². The first-order valence-corrected chi connectivity index (χ1v) is 15.6. The van der Waals surface area contributed by atoms with Crippen molar-refractivity contribution in [1.82, 2.24) is 25.8 Å². The third-order valence-electron chi connectivity index (χ3n) is 9.30. The Morgan fingerprint density at radius 3 is 2.50 bits per heavy atom. The number of fused-ring (bicyclic) bond motifs is 1. The van der Waals surface area contributed by atoms with Gasteiger partial charge in [0, 0.05) is 24.4 Å². The van der Waals surface area contributed by atoms with Gasteiger partial charge in [-0.15, -0.1) is 6.58 Å². The molecule has 1 aromatic rings. The van der Waals surface area contributed by atoms with Gasteiger partial charge in [-0.2, -0.15) is 5.26 Å². The molecule has 14 heteroatoms. The maximum Gasteiger partial charge on any atom is 0.410 e. The van der Waals surface area contributed by atoms with Gasteiger partial charge in [0.1, 0.15) is 35.6 Å². The number of hydrogen-bond donors (Lipinski definition) is 3. The first-order valence-electron chi connectivity index (χ1n) is 15.6. The van der Waals surface area contributed by atoms with Crippen LogP contribution in [0.1, 0.15) is 63.5 Å². The highest BCUT2D eigenvalue weighted by Gasteiger charge is 2.61. The van der Waals surface area contributed by atoms with Crippen molar-refractivity contribution >= 4 is 29.9 Å². The monoisotopic (exact) mass is 638 g/mol. The van der Waals surface area contributed by atoms with E-state index in [-0.39, 0.29) is 38.6 Å². The third kappa shape index (κ3) is 6.63. The quantitative estimate of drug-likeness (QED) is 0.211. The van der Waals surface area contributed by atoms with Crippen LogP contribution >= 0.6 is 0 Å². The van der Waals surface area contributed by atoms with Gasteiger partial charge in [0.15, 0.2) is 6.19 Å². The zero-order valence-corrected chi connectivity index (χ0v) is 25.9. The molecule has 2 heterocycles. The molecule has 1 unspecified atom stereocenters. The minimum absolute atomic E-state index is 0.0159. The Morgan fingerprint density at radius 2 is 1.87 bits per heavy atom. The molecule has 0 spiro atoms. The number of ether oxygens (including phenoxy) is 2. The maximum atomic E-state index is 14.3. The van der Waals surface area contributed by atoms with E-state index in [0.717, 1.165) is 25.7 Å². The Morgan fingerprint density at radius 1 is 1.13 bits per heavy atom. The molecule has 2 aliphatic heterocycles. The van der Waals surface area contributed by atoms with E-state index < -0.39 is 71.3 Å². The Labute approximate surface area is 266 Å². The van der Waals surface area contributed by atoms with Crippen LogP contribution in [0.25, 0.3) is 0 Å². The first-order chi connectivity index (χ1) is 22.0. The fraction of sp³-hybridized carbons (Fsp3) is 0.562. The van der Waals surface area contributed by atoms with Crippen LogP contribution in [0.3, 0.4) is 0 Å².